The lowest BCUT2D eigenvalue weighted by atomic mass is 9.99. The van der Waals surface area contributed by atoms with E-state index in [0.717, 1.165) is 48.8 Å². The van der Waals surface area contributed by atoms with Crippen LogP contribution in [0.5, 0.6) is 11.6 Å². The molecule has 33 heavy (non-hydrogen) atoms. The lowest BCUT2D eigenvalue weighted by molar-refractivity contribution is 0.278. The SMILES string of the molecule is Cc1cccc(-c2nc3c(c(SCc4ccc(Br)cc4)n2)Cc2c(CO)cnc(C)c2O3)c1. The van der Waals surface area contributed by atoms with Crippen molar-refractivity contribution in [1.29, 1.82) is 0 Å². The Morgan fingerprint density at radius 2 is 1.88 bits per heavy atom. The van der Waals surface area contributed by atoms with Gasteiger partial charge in [-0.1, -0.05) is 51.8 Å². The molecule has 2 aromatic heterocycles. The molecule has 4 aromatic rings. The van der Waals surface area contributed by atoms with Crippen LogP contribution in [0.15, 0.2) is 64.2 Å². The first-order valence-corrected chi connectivity index (χ1v) is 12.4. The highest BCUT2D eigenvalue weighted by Gasteiger charge is 2.27. The number of halogens is 1. The fourth-order valence-electron chi connectivity index (χ4n) is 3.86. The summed E-state index contributed by atoms with van der Waals surface area (Å²) in [5.74, 6) is 2.67. The molecule has 1 N–H and O–H groups in total. The van der Waals surface area contributed by atoms with Gasteiger partial charge in [0.05, 0.1) is 17.9 Å². The summed E-state index contributed by atoms with van der Waals surface area (Å²) in [5.41, 5.74) is 6.77. The Morgan fingerprint density at radius 1 is 1.06 bits per heavy atom. The van der Waals surface area contributed by atoms with Crippen molar-refractivity contribution in [2.45, 2.75) is 37.7 Å². The number of pyridine rings is 1. The molecule has 0 fully saturated rings. The molecule has 7 heteroatoms. The van der Waals surface area contributed by atoms with Crippen LogP contribution in [-0.2, 0) is 18.8 Å². The number of ether oxygens (including phenoxy) is 1. The second kappa shape index (κ2) is 9.25. The smallest absolute Gasteiger partial charge is 0.227 e. The topological polar surface area (TPSA) is 68.1 Å². The summed E-state index contributed by atoms with van der Waals surface area (Å²) in [7, 11) is 0. The summed E-state index contributed by atoms with van der Waals surface area (Å²) >= 11 is 5.17. The molecule has 5 rings (SSSR count). The van der Waals surface area contributed by atoms with Crippen LogP contribution in [0, 0.1) is 13.8 Å². The van der Waals surface area contributed by atoms with E-state index in [4.69, 9.17) is 14.7 Å². The Labute approximate surface area is 205 Å². The zero-order valence-electron chi connectivity index (χ0n) is 18.3. The molecule has 0 unspecified atom stereocenters. The van der Waals surface area contributed by atoms with Gasteiger partial charge in [0.1, 0.15) is 5.03 Å². The standard InChI is InChI=1S/C26H22BrN3O2S/c1-15-4-3-5-18(10-15)24-29-25-22(11-21-19(13-31)12-28-16(2)23(21)32-25)26(30-24)33-14-17-6-8-20(27)9-7-17/h3-10,12,31H,11,13-14H2,1-2H3. The van der Waals surface area contributed by atoms with Crippen molar-refractivity contribution in [3.05, 3.63) is 92.7 Å². The highest BCUT2D eigenvalue weighted by molar-refractivity contribution is 9.10. The van der Waals surface area contributed by atoms with Crippen molar-refractivity contribution in [2.75, 3.05) is 0 Å². The van der Waals surface area contributed by atoms with E-state index in [0.29, 0.717) is 23.9 Å². The van der Waals surface area contributed by atoms with E-state index in [1.807, 2.05) is 31.2 Å². The van der Waals surface area contributed by atoms with Crippen LogP contribution < -0.4 is 4.74 Å². The highest BCUT2D eigenvalue weighted by Crippen LogP contribution is 2.43. The van der Waals surface area contributed by atoms with Crippen LogP contribution in [-0.4, -0.2) is 20.1 Å². The first kappa shape index (κ1) is 22.1. The Bertz CT molecular complexity index is 1340. The lowest BCUT2D eigenvalue weighted by Gasteiger charge is -2.24. The van der Waals surface area contributed by atoms with Crippen LogP contribution in [0.4, 0.5) is 0 Å². The van der Waals surface area contributed by atoms with Gasteiger partial charge in [0, 0.05) is 39.5 Å². The molecule has 0 saturated heterocycles. The average molecular weight is 520 g/mol. The maximum atomic E-state index is 9.86. The Morgan fingerprint density at radius 3 is 2.64 bits per heavy atom. The number of aliphatic hydroxyl groups is 1. The molecule has 0 bridgehead atoms. The molecule has 2 aromatic carbocycles. The molecule has 1 aliphatic rings. The van der Waals surface area contributed by atoms with Gasteiger partial charge in [0.15, 0.2) is 11.6 Å². The van der Waals surface area contributed by atoms with Gasteiger partial charge in [-0.2, -0.15) is 4.98 Å². The number of hydrogen-bond donors (Lipinski definition) is 1. The summed E-state index contributed by atoms with van der Waals surface area (Å²) in [4.78, 5) is 14.2. The number of thioether (sulfide) groups is 1. The molecule has 0 spiro atoms. The second-order valence-corrected chi connectivity index (χ2v) is 9.91. The first-order valence-electron chi connectivity index (χ1n) is 10.6. The van der Waals surface area contributed by atoms with Gasteiger partial charge in [0.25, 0.3) is 0 Å². The van der Waals surface area contributed by atoms with E-state index in [9.17, 15) is 5.11 Å². The van der Waals surface area contributed by atoms with Gasteiger partial charge in [-0.3, -0.25) is 4.98 Å². The summed E-state index contributed by atoms with van der Waals surface area (Å²) in [5, 5.41) is 10.8. The zero-order valence-corrected chi connectivity index (χ0v) is 20.7. The summed E-state index contributed by atoms with van der Waals surface area (Å²) < 4.78 is 7.37. The van der Waals surface area contributed by atoms with Crippen molar-refractivity contribution in [1.82, 2.24) is 15.0 Å². The number of hydrogen-bond acceptors (Lipinski definition) is 6. The maximum Gasteiger partial charge on any atom is 0.227 e. The summed E-state index contributed by atoms with van der Waals surface area (Å²) in [6.45, 7) is 3.89. The molecule has 0 saturated carbocycles. The number of aromatic nitrogens is 3. The molecule has 0 radical (unpaired) electrons. The van der Waals surface area contributed by atoms with E-state index < -0.39 is 0 Å². The molecule has 0 atom stereocenters. The molecular formula is C26H22BrN3O2S. The van der Waals surface area contributed by atoms with Crippen molar-refractivity contribution in [3.8, 4) is 23.0 Å². The predicted molar refractivity (Wildman–Crippen MR) is 134 cm³/mol. The predicted octanol–water partition coefficient (Wildman–Crippen LogP) is 6.40. The average Bonchev–Trinajstić information content (AvgIpc) is 2.83. The molecular weight excluding hydrogens is 498 g/mol. The number of aryl methyl sites for hydroxylation is 2. The first-order chi connectivity index (χ1) is 16.0. The number of aliphatic hydroxyl groups excluding tert-OH is 1. The van der Waals surface area contributed by atoms with Gasteiger partial charge in [-0.15, -0.1) is 11.8 Å². The minimum absolute atomic E-state index is 0.0854. The van der Waals surface area contributed by atoms with Crippen LogP contribution >= 0.6 is 27.7 Å². The van der Waals surface area contributed by atoms with E-state index in [1.54, 1.807) is 18.0 Å². The highest BCUT2D eigenvalue weighted by atomic mass is 79.9. The Balaban J connectivity index is 1.59. The molecule has 166 valence electrons. The molecule has 0 amide bonds. The monoisotopic (exact) mass is 519 g/mol. The minimum Gasteiger partial charge on any atom is -0.436 e. The number of nitrogens with zero attached hydrogens (tertiary/aromatic N) is 3. The summed E-state index contributed by atoms with van der Waals surface area (Å²) in [6.07, 6.45) is 2.32. The minimum atomic E-state index is -0.0854. The maximum absolute atomic E-state index is 9.86. The van der Waals surface area contributed by atoms with Crippen LogP contribution in [0.2, 0.25) is 0 Å². The fraction of sp³-hybridized carbons (Fsp3) is 0.192. The molecule has 0 aliphatic carbocycles. The second-order valence-electron chi connectivity index (χ2n) is 8.03. The van der Waals surface area contributed by atoms with Crippen LogP contribution in [0.25, 0.3) is 11.4 Å². The summed E-state index contributed by atoms with van der Waals surface area (Å²) in [6, 6.07) is 16.5. The normalized spacial score (nSPS) is 12.1. The van der Waals surface area contributed by atoms with Gasteiger partial charge in [-0.25, -0.2) is 4.98 Å². The lowest BCUT2D eigenvalue weighted by Crippen LogP contribution is -2.13. The largest absolute Gasteiger partial charge is 0.436 e. The van der Waals surface area contributed by atoms with E-state index in [2.05, 4.69) is 52.1 Å². The number of fused-ring (bicyclic) bond motifs is 2. The van der Waals surface area contributed by atoms with E-state index >= 15 is 0 Å². The molecule has 1 aliphatic heterocycles. The van der Waals surface area contributed by atoms with Crippen LogP contribution in [0.1, 0.15) is 33.5 Å². The fourth-order valence-corrected chi connectivity index (χ4v) is 5.10. The van der Waals surface area contributed by atoms with Crippen molar-refractivity contribution in [3.63, 3.8) is 0 Å². The third-order valence-corrected chi connectivity index (χ3v) is 7.24. The number of rotatable bonds is 5. The van der Waals surface area contributed by atoms with Crippen molar-refractivity contribution >= 4 is 27.7 Å². The van der Waals surface area contributed by atoms with E-state index in [1.165, 1.54) is 5.56 Å². The third-order valence-electron chi connectivity index (χ3n) is 5.62. The van der Waals surface area contributed by atoms with Crippen molar-refractivity contribution in [2.24, 2.45) is 0 Å². The Hall–Kier alpha value is -2.74. The van der Waals surface area contributed by atoms with Gasteiger partial charge in [0.2, 0.25) is 5.88 Å². The molecule has 3 heterocycles. The quantitative estimate of drug-likeness (QED) is 0.214. The van der Waals surface area contributed by atoms with Crippen molar-refractivity contribution < 1.29 is 9.84 Å². The Kier molecular flexibility index (Phi) is 6.19. The van der Waals surface area contributed by atoms with Gasteiger partial charge in [-0.05, 0) is 37.6 Å². The zero-order chi connectivity index (χ0) is 22.9. The third kappa shape index (κ3) is 4.53. The van der Waals surface area contributed by atoms with Gasteiger partial charge < -0.3 is 9.84 Å². The molecule has 5 nitrogen and oxygen atoms in total. The van der Waals surface area contributed by atoms with Gasteiger partial charge >= 0.3 is 0 Å². The van der Waals surface area contributed by atoms with Crippen LogP contribution in [0.3, 0.4) is 0 Å². The van der Waals surface area contributed by atoms with E-state index in [-0.39, 0.29) is 6.61 Å². The number of benzene rings is 2.